The molecular weight excluding hydrogens is 535 g/mol. The van der Waals surface area contributed by atoms with Crippen LogP contribution in [0.3, 0.4) is 0 Å². The van der Waals surface area contributed by atoms with E-state index in [4.69, 9.17) is 10.5 Å². The lowest BCUT2D eigenvalue weighted by molar-refractivity contribution is -0.00687. The van der Waals surface area contributed by atoms with E-state index in [2.05, 4.69) is 24.3 Å². The minimum Gasteiger partial charge on any atom is -0.470 e. The average Bonchev–Trinajstić information content (AvgIpc) is 2.84. The lowest BCUT2D eigenvalue weighted by atomic mass is 9.87. The summed E-state index contributed by atoms with van der Waals surface area (Å²) in [5.41, 5.74) is 3.79. The second kappa shape index (κ2) is 9.50. The molecule has 0 saturated carbocycles. The van der Waals surface area contributed by atoms with E-state index in [1.165, 1.54) is 26.8 Å². The molecule has 2 aromatic rings. The molecule has 0 unspecified atom stereocenters. The van der Waals surface area contributed by atoms with Gasteiger partial charge in [0.15, 0.2) is 12.4 Å². The van der Waals surface area contributed by atoms with Crippen molar-refractivity contribution in [2.24, 2.45) is 15.1 Å². The van der Waals surface area contributed by atoms with E-state index < -0.39 is 74.5 Å². The van der Waals surface area contributed by atoms with Crippen LogP contribution in [0.1, 0.15) is 49.1 Å². The Balaban J connectivity index is 1.68. The molecule has 206 valence electrons. The number of nitrogens with zero attached hydrogens (tertiary/aromatic N) is 5. The van der Waals surface area contributed by atoms with E-state index in [-0.39, 0.29) is 29.5 Å². The van der Waals surface area contributed by atoms with E-state index in [1.54, 1.807) is 0 Å². The van der Waals surface area contributed by atoms with Gasteiger partial charge in [-0.15, -0.1) is 0 Å². The zero-order valence-electron chi connectivity index (χ0n) is 20.6. The molecule has 3 atom stereocenters. The van der Waals surface area contributed by atoms with Gasteiger partial charge in [0.05, 0.1) is 33.8 Å². The average molecular weight is 561 g/mol. The number of Topliss-reactive ketones (excluding diaryl/α,β-unsaturated/α-hetero) is 1. The summed E-state index contributed by atoms with van der Waals surface area (Å²) in [6.45, 7) is 2.48. The number of ketones is 1. The van der Waals surface area contributed by atoms with Crippen molar-refractivity contribution in [3.63, 3.8) is 0 Å². The molecule has 0 fully saturated rings. The number of aromatic nitrogens is 3. The quantitative estimate of drug-likeness (QED) is 0.406. The fourth-order valence-electron chi connectivity index (χ4n) is 4.44. The lowest BCUT2D eigenvalue weighted by Crippen LogP contribution is -2.62. The van der Waals surface area contributed by atoms with E-state index in [9.17, 15) is 26.6 Å². The smallest absolute Gasteiger partial charge is 0.272 e. The Kier molecular flexibility index (Phi) is 6.95. The molecule has 15 heteroatoms. The minimum atomic E-state index is -3.46. The number of alkyl halides is 4. The van der Waals surface area contributed by atoms with Gasteiger partial charge >= 0.3 is 0 Å². The van der Waals surface area contributed by atoms with Gasteiger partial charge in [-0.2, -0.15) is 0 Å². The second-order valence-corrected chi connectivity index (χ2v) is 12.7. The molecule has 9 nitrogen and oxygen atoms in total. The molecule has 2 aliphatic heterocycles. The first kappa shape index (κ1) is 27.8. The van der Waals surface area contributed by atoms with Crippen LogP contribution >= 0.6 is 0 Å². The molecular formula is C23H25F5N6O3S. The number of pyridine rings is 1. The summed E-state index contributed by atoms with van der Waals surface area (Å²) in [6.07, 6.45) is -1.93. The summed E-state index contributed by atoms with van der Waals surface area (Å²) < 4.78 is 90.0. The van der Waals surface area contributed by atoms with Crippen molar-refractivity contribution >= 4 is 21.3 Å². The van der Waals surface area contributed by atoms with Crippen LogP contribution in [-0.2, 0) is 21.7 Å². The monoisotopic (exact) mass is 560 g/mol. The van der Waals surface area contributed by atoms with Crippen LogP contribution in [0.4, 0.5) is 22.0 Å². The number of hydrogen-bond acceptors (Lipinski definition) is 9. The maximum absolute atomic E-state index is 15.2. The van der Waals surface area contributed by atoms with Crippen molar-refractivity contribution < 1.29 is 35.7 Å². The van der Waals surface area contributed by atoms with Crippen molar-refractivity contribution in [2.75, 3.05) is 13.2 Å². The molecule has 0 spiro atoms. The first-order valence-electron chi connectivity index (χ1n) is 11.5. The molecule has 0 amide bonds. The number of amidine groups is 1. The maximum atomic E-state index is 15.2. The van der Waals surface area contributed by atoms with Gasteiger partial charge < -0.3 is 10.5 Å². The highest BCUT2D eigenvalue weighted by Crippen LogP contribution is 2.49. The molecule has 4 heterocycles. The molecule has 2 N–H and O–H groups in total. The topological polar surface area (TPSA) is 133 Å². The summed E-state index contributed by atoms with van der Waals surface area (Å²) in [4.78, 5) is 28.9. The third-order valence-electron chi connectivity index (χ3n) is 6.68. The molecule has 2 aromatic heterocycles. The molecule has 0 aliphatic carbocycles. The van der Waals surface area contributed by atoms with E-state index >= 15 is 4.39 Å². The zero-order valence-corrected chi connectivity index (χ0v) is 21.4. The SMILES string of the molecule is CC1(C)C(N)=N[C@](C)(c2nc(CC(=O)c3cnc(OCC(F)F)cn3)ccc2F)[C@H]2CC(F)(F)CN=[S@@]21=O. The predicted molar refractivity (Wildman–Crippen MR) is 128 cm³/mol. The van der Waals surface area contributed by atoms with Gasteiger partial charge in [-0.05, 0) is 32.9 Å². The predicted octanol–water partition coefficient (Wildman–Crippen LogP) is 3.32. The van der Waals surface area contributed by atoms with Gasteiger partial charge in [0, 0.05) is 12.1 Å². The Bertz CT molecular complexity index is 1410. The number of rotatable bonds is 7. The van der Waals surface area contributed by atoms with Gasteiger partial charge in [-0.1, -0.05) is 0 Å². The minimum absolute atomic E-state index is 0.0528. The highest BCUT2D eigenvalue weighted by molar-refractivity contribution is 7.96. The first-order valence-corrected chi connectivity index (χ1v) is 13.0. The number of nitrogens with two attached hydrogens (primary N) is 1. The van der Waals surface area contributed by atoms with Gasteiger partial charge in [-0.25, -0.2) is 40.5 Å². The Hall–Kier alpha value is -3.23. The van der Waals surface area contributed by atoms with Crippen molar-refractivity contribution in [1.29, 1.82) is 0 Å². The second-order valence-electron chi connectivity index (χ2n) is 9.73. The Morgan fingerprint density at radius 2 is 1.92 bits per heavy atom. The van der Waals surface area contributed by atoms with Crippen LogP contribution in [-0.4, -0.2) is 66.3 Å². The highest BCUT2D eigenvalue weighted by Gasteiger charge is 2.60. The highest BCUT2D eigenvalue weighted by atomic mass is 32.2. The molecule has 0 saturated heterocycles. The Morgan fingerprint density at radius 3 is 2.55 bits per heavy atom. The molecule has 0 radical (unpaired) electrons. The van der Waals surface area contributed by atoms with Crippen LogP contribution < -0.4 is 10.5 Å². The van der Waals surface area contributed by atoms with Crippen molar-refractivity contribution in [2.45, 2.75) is 61.5 Å². The molecule has 4 rings (SSSR count). The molecule has 0 bridgehead atoms. The maximum Gasteiger partial charge on any atom is 0.272 e. The first-order chi connectivity index (χ1) is 17.6. The molecule has 38 heavy (non-hydrogen) atoms. The van der Waals surface area contributed by atoms with Crippen LogP contribution in [0.5, 0.6) is 5.88 Å². The number of carbonyl (C=O) groups is 1. The Morgan fingerprint density at radius 1 is 1.21 bits per heavy atom. The number of fused-ring (bicyclic) bond motifs is 1. The van der Waals surface area contributed by atoms with Gasteiger partial charge in [0.25, 0.3) is 12.3 Å². The van der Waals surface area contributed by atoms with Crippen LogP contribution in [0.2, 0.25) is 0 Å². The van der Waals surface area contributed by atoms with Gasteiger partial charge in [-0.3, -0.25) is 14.8 Å². The summed E-state index contributed by atoms with van der Waals surface area (Å²) >= 11 is 0. The normalized spacial score (nSPS) is 27.7. The number of halogens is 5. The third-order valence-corrected chi connectivity index (χ3v) is 10.3. The van der Waals surface area contributed by atoms with Crippen molar-refractivity contribution in [3.8, 4) is 5.88 Å². The zero-order chi connectivity index (χ0) is 28.1. The van der Waals surface area contributed by atoms with Gasteiger partial charge in [0.2, 0.25) is 5.88 Å². The van der Waals surface area contributed by atoms with Crippen molar-refractivity contribution in [1.82, 2.24) is 15.0 Å². The van der Waals surface area contributed by atoms with E-state index in [0.29, 0.717) is 0 Å². The third kappa shape index (κ3) is 4.83. The number of hydrogen-bond donors (Lipinski definition) is 1. The lowest BCUT2D eigenvalue weighted by Gasteiger charge is -2.48. The Labute approximate surface area is 215 Å². The van der Waals surface area contributed by atoms with Crippen LogP contribution in [0.15, 0.2) is 33.9 Å². The summed E-state index contributed by atoms with van der Waals surface area (Å²) in [6, 6.07) is 2.24. The number of aliphatic imine (C=N–C) groups is 1. The molecule has 0 aromatic carbocycles. The summed E-state index contributed by atoms with van der Waals surface area (Å²) in [5, 5.41) is -1.42. The van der Waals surface area contributed by atoms with Crippen LogP contribution in [0, 0.1) is 5.82 Å². The number of carbonyl (C=O) groups excluding carboxylic acids is 1. The van der Waals surface area contributed by atoms with Crippen molar-refractivity contribution in [3.05, 3.63) is 47.4 Å². The van der Waals surface area contributed by atoms with Gasteiger partial charge in [0.1, 0.15) is 39.9 Å². The summed E-state index contributed by atoms with van der Waals surface area (Å²) in [7, 11) is -3.46. The fraction of sp³-hybridized carbons (Fsp3) is 0.522. The van der Waals surface area contributed by atoms with E-state index in [1.807, 2.05) is 0 Å². The molecule has 2 aliphatic rings. The van der Waals surface area contributed by atoms with Crippen LogP contribution in [0.25, 0.3) is 0 Å². The standard InChI is InChI=1S/C23H25F5N6O3S/c1-21(2)20(29)34-22(3,16-7-23(27,28)11-32-38(16,21)36)19-13(24)5-4-12(33-19)6-15(35)14-8-31-18(9-30-14)37-10-17(25)26/h4-5,8-9,16-17H,6-7,10-11H2,1-3H3,(H2,29,34)/t16-,22+,38-/m1/s1. The van der Waals surface area contributed by atoms with E-state index in [0.717, 1.165) is 18.5 Å². The summed E-state index contributed by atoms with van der Waals surface area (Å²) in [5.74, 6) is -5.13. The number of ether oxygens (including phenoxy) is 1. The fourth-order valence-corrected chi connectivity index (χ4v) is 7.64. The largest absolute Gasteiger partial charge is 0.470 e.